The van der Waals surface area contributed by atoms with E-state index in [0.29, 0.717) is 11.8 Å². The molecule has 1 fully saturated rings. The lowest BCUT2D eigenvalue weighted by molar-refractivity contribution is 0.422. The molecule has 1 saturated carbocycles. The Morgan fingerprint density at radius 3 is 2.60 bits per heavy atom. The zero-order valence-electron chi connectivity index (χ0n) is 14.8. The Labute approximate surface area is 147 Å². The maximum Gasteiger partial charge on any atom is 0.257 e. The molecule has 0 spiro atoms. The Hall–Kier alpha value is -2.69. The molecule has 0 bridgehead atoms. The smallest absolute Gasteiger partial charge is 0.257 e. The first-order chi connectivity index (χ1) is 12.1. The van der Waals surface area contributed by atoms with E-state index in [0.717, 1.165) is 17.2 Å². The molecule has 1 N–H and O–H groups in total. The van der Waals surface area contributed by atoms with Gasteiger partial charge in [-0.25, -0.2) is 4.98 Å². The summed E-state index contributed by atoms with van der Waals surface area (Å²) in [5.74, 6) is 2.88. The number of aryl methyl sites for hydroxylation is 1. The average Bonchev–Trinajstić information content (AvgIpc) is 3.36. The van der Waals surface area contributed by atoms with Crippen molar-refractivity contribution < 1.29 is 4.52 Å². The second-order valence-corrected chi connectivity index (χ2v) is 6.82. The highest BCUT2D eigenvalue weighted by Gasteiger charge is 2.28. The first-order valence-corrected chi connectivity index (χ1v) is 8.74. The molecule has 1 aliphatic rings. The fourth-order valence-corrected chi connectivity index (χ4v) is 2.84. The van der Waals surface area contributed by atoms with E-state index in [2.05, 4.69) is 53.3 Å². The lowest BCUT2D eigenvalue weighted by Gasteiger charge is -2.17. The fraction of sp³-hybridized carbons (Fsp3) is 0.350. The van der Waals surface area contributed by atoms with Gasteiger partial charge in [-0.3, -0.25) is 0 Å². The van der Waals surface area contributed by atoms with E-state index >= 15 is 0 Å². The highest BCUT2D eigenvalue weighted by molar-refractivity contribution is 5.54. The molecule has 128 valence electrons. The Morgan fingerprint density at radius 1 is 1.12 bits per heavy atom. The molecule has 2 heterocycles. The zero-order chi connectivity index (χ0) is 17.4. The van der Waals surface area contributed by atoms with Crippen molar-refractivity contribution >= 4 is 5.82 Å². The predicted molar refractivity (Wildman–Crippen MR) is 97.5 cm³/mol. The van der Waals surface area contributed by atoms with Crippen LogP contribution in [0, 0.1) is 13.8 Å². The highest BCUT2D eigenvalue weighted by atomic mass is 16.5. The topological polar surface area (TPSA) is 63.8 Å². The Kier molecular flexibility index (Phi) is 3.99. The number of nitrogens with zero attached hydrogens (tertiary/aromatic N) is 3. The average molecular weight is 334 g/mol. The summed E-state index contributed by atoms with van der Waals surface area (Å²) in [6, 6.07) is 10.5. The molecule has 0 radical (unpaired) electrons. The summed E-state index contributed by atoms with van der Waals surface area (Å²) in [4.78, 5) is 8.95. The van der Waals surface area contributed by atoms with Gasteiger partial charge in [-0.05, 0) is 68.5 Å². The molecule has 5 heteroatoms. The first kappa shape index (κ1) is 15.8. The van der Waals surface area contributed by atoms with Crippen LogP contribution in [0.3, 0.4) is 0 Å². The van der Waals surface area contributed by atoms with E-state index < -0.39 is 0 Å². The van der Waals surface area contributed by atoms with Crippen molar-refractivity contribution in [2.45, 2.75) is 45.6 Å². The summed E-state index contributed by atoms with van der Waals surface area (Å²) in [5.41, 5.74) is 4.57. The summed E-state index contributed by atoms with van der Waals surface area (Å²) < 4.78 is 5.39. The van der Waals surface area contributed by atoms with Crippen molar-refractivity contribution in [3.8, 4) is 11.5 Å². The molecular formula is C20H22N4O. The van der Waals surface area contributed by atoms with Crippen molar-refractivity contribution in [1.29, 1.82) is 0 Å². The van der Waals surface area contributed by atoms with Gasteiger partial charge in [-0.15, -0.1) is 0 Å². The van der Waals surface area contributed by atoms with E-state index in [-0.39, 0.29) is 6.04 Å². The molecule has 0 amide bonds. The van der Waals surface area contributed by atoms with Gasteiger partial charge in [0, 0.05) is 23.7 Å². The van der Waals surface area contributed by atoms with Gasteiger partial charge >= 0.3 is 0 Å². The number of aromatic nitrogens is 3. The van der Waals surface area contributed by atoms with Crippen molar-refractivity contribution in [2.75, 3.05) is 5.32 Å². The Bertz CT molecular complexity index is 881. The zero-order valence-corrected chi connectivity index (χ0v) is 14.8. The SMILES string of the molecule is Cc1ccnc(NC(C)c2ccc(-c3nc(C4CC4)no3)cc2)c1C. The van der Waals surface area contributed by atoms with Crippen LogP contribution in [0.4, 0.5) is 5.82 Å². The summed E-state index contributed by atoms with van der Waals surface area (Å²) in [6.07, 6.45) is 4.19. The van der Waals surface area contributed by atoms with E-state index in [9.17, 15) is 0 Å². The number of nitrogens with one attached hydrogen (secondary N) is 1. The second-order valence-electron chi connectivity index (χ2n) is 6.82. The molecule has 25 heavy (non-hydrogen) atoms. The van der Waals surface area contributed by atoms with Crippen LogP contribution in [0.5, 0.6) is 0 Å². The molecule has 1 aliphatic carbocycles. The summed E-state index contributed by atoms with van der Waals surface area (Å²) >= 11 is 0. The fourth-order valence-electron chi connectivity index (χ4n) is 2.84. The molecule has 3 aromatic rings. The molecule has 0 saturated heterocycles. The van der Waals surface area contributed by atoms with Crippen LogP contribution in [0.1, 0.15) is 54.2 Å². The third kappa shape index (κ3) is 3.27. The molecule has 1 aromatic carbocycles. The van der Waals surface area contributed by atoms with Crippen LogP contribution in [0.25, 0.3) is 11.5 Å². The molecular weight excluding hydrogens is 312 g/mol. The van der Waals surface area contributed by atoms with Crippen LogP contribution < -0.4 is 5.32 Å². The predicted octanol–water partition coefficient (Wildman–Crippen LogP) is 4.80. The third-order valence-electron chi connectivity index (χ3n) is 4.87. The summed E-state index contributed by atoms with van der Waals surface area (Å²) in [7, 11) is 0. The lowest BCUT2D eigenvalue weighted by Crippen LogP contribution is -2.09. The molecule has 2 aromatic heterocycles. The van der Waals surface area contributed by atoms with Crippen LogP contribution in [0.2, 0.25) is 0 Å². The molecule has 0 aliphatic heterocycles. The van der Waals surface area contributed by atoms with Gasteiger partial charge < -0.3 is 9.84 Å². The van der Waals surface area contributed by atoms with Crippen LogP contribution in [0.15, 0.2) is 41.1 Å². The van der Waals surface area contributed by atoms with Crippen LogP contribution in [-0.2, 0) is 0 Å². The third-order valence-corrected chi connectivity index (χ3v) is 4.87. The van der Waals surface area contributed by atoms with E-state index in [1.54, 1.807) is 0 Å². The van der Waals surface area contributed by atoms with E-state index in [4.69, 9.17) is 4.52 Å². The maximum absolute atomic E-state index is 5.39. The number of rotatable bonds is 5. The van der Waals surface area contributed by atoms with Gasteiger partial charge in [0.15, 0.2) is 5.82 Å². The van der Waals surface area contributed by atoms with Crippen molar-refractivity contribution in [3.05, 3.63) is 59.0 Å². The van der Waals surface area contributed by atoms with Crippen molar-refractivity contribution in [2.24, 2.45) is 0 Å². The van der Waals surface area contributed by atoms with Crippen molar-refractivity contribution in [1.82, 2.24) is 15.1 Å². The first-order valence-electron chi connectivity index (χ1n) is 8.74. The van der Waals surface area contributed by atoms with Gasteiger partial charge in [0.2, 0.25) is 0 Å². The molecule has 4 rings (SSSR count). The minimum absolute atomic E-state index is 0.159. The van der Waals surface area contributed by atoms with Gasteiger partial charge in [-0.1, -0.05) is 17.3 Å². The van der Waals surface area contributed by atoms with Gasteiger partial charge in [-0.2, -0.15) is 4.98 Å². The van der Waals surface area contributed by atoms with E-state index in [1.807, 2.05) is 24.4 Å². The molecule has 1 atom stereocenters. The number of hydrogen-bond donors (Lipinski definition) is 1. The van der Waals surface area contributed by atoms with Gasteiger partial charge in [0.25, 0.3) is 5.89 Å². The van der Waals surface area contributed by atoms with Crippen LogP contribution >= 0.6 is 0 Å². The maximum atomic E-state index is 5.39. The van der Waals surface area contributed by atoms with Crippen molar-refractivity contribution in [3.63, 3.8) is 0 Å². The minimum Gasteiger partial charge on any atom is -0.363 e. The standard InChI is InChI=1S/C20H22N4O/c1-12-10-11-21-18(13(12)2)22-14(3)15-4-8-17(9-5-15)20-23-19(24-25-20)16-6-7-16/h4-5,8-11,14,16H,6-7H2,1-3H3,(H,21,22). The Balaban J connectivity index is 1.49. The lowest BCUT2D eigenvalue weighted by atomic mass is 10.1. The van der Waals surface area contributed by atoms with E-state index in [1.165, 1.54) is 29.5 Å². The molecule has 5 nitrogen and oxygen atoms in total. The second kappa shape index (κ2) is 6.31. The number of benzene rings is 1. The summed E-state index contributed by atoms with van der Waals surface area (Å²) in [5, 5.41) is 7.57. The quantitative estimate of drug-likeness (QED) is 0.726. The number of anilines is 1. The largest absolute Gasteiger partial charge is 0.363 e. The number of hydrogen-bond acceptors (Lipinski definition) is 5. The summed E-state index contributed by atoms with van der Waals surface area (Å²) in [6.45, 7) is 6.33. The van der Waals surface area contributed by atoms with Gasteiger partial charge in [0.05, 0.1) is 0 Å². The normalized spacial score (nSPS) is 15.2. The minimum atomic E-state index is 0.159. The molecule has 1 unspecified atom stereocenters. The highest BCUT2D eigenvalue weighted by Crippen LogP contribution is 2.38. The monoisotopic (exact) mass is 334 g/mol. The number of pyridine rings is 1. The van der Waals surface area contributed by atoms with Gasteiger partial charge in [0.1, 0.15) is 5.82 Å². The Morgan fingerprint density at radius 2 is 1.88 bits per heavy atom. The van der Waals surface area contributed by atoms with Crippen LogP contribution in [-0.4, -0.2) is 15.1 Å².